The van der Waals surface area contributed by atoms with Gasteiger partial charge in [0, 0.05) is 16.6 Å². The van der Waals surface area contributed by atoms with E-state index in [9.17, 15) is 0 Å². The number of ether oxygens (including phenoxy) is 2. The van der Waals surface area contributed by atoms with E-state index in [1.54, 1.807) is 25.3 Å². The minimum Gasteiger partial charge on any atom is -0.496 e. The van der Waals surface area contributed by atoms with Crippen molar-refractivity contribution in [2.24, 2.45) is 5.73 Å². The van der Waals surface area contributed by atoms with E-state index in [1.807, 2.05) is 18.2 Å². The molecule has 2 N–H and O–H groups in total. The normalized spacial score (nSPS) is 10.0. The van der Waals surface area contributed by atoms with Crippen LogP contribution in [0.2, 0.25) is 0 Å². The maximum atomic E-state index is 8.96. The zero-order chi connectivity index (χ0) is 15.2. The van der Waals surface area contributed by atoms with Gasteiger partial charge >= 0.3 is 0 Å². The molecule has 0 amide bonds. The average Bonchev–Trinajstić information content (AvgIpc) is 2.53. The first-order valence-electron chi connectivity index (χ1n) is 6.36. The van der Waals surface area contributed by atoms with Gasteiger partial charge in [0.25, 0.3) is 0 Å². The molecule has 0 unspecified atom stereocenters. The number of methoxy groups -OCH3 is 1. The Morgan fingerprint density at radius 2 is 2.00 bits per heavy atom. The summed E-state index contributed by atoms with van der Waals surface area (Å²) in [5, 5.41) is 8.96. The molecule has 108 valence electrons. The number of rotatable bonds is 5. The molecular weight excluding hydrogens is 332 g/mol. The number of hydrogen-bond acceptors (Lipinski definition) is 4. The number of nitrogens with zero attached hydrogens (tertiary/aromatic N) is 1. The van der Waals surface area contributed by atoms with Crippen molar-refractivity contribution in [2.75, 3.05) is 7.11 Å². The van der Waals surface area contributed by atoms with Gasteiger partial charge in [-0.2, -0.15) is 5.26 Å². The van der Waals surface area contributed by atoms with Crippen molar-refractivity contribution in [3.63, 3.8) is 0 Å². The standard InChI is InChI=1S/C16H15BrN2O2/c1-20-16-5-2-11(8-18)6-13(16)10-21-14-3-4-15(17)12(7-14)9-19/h2-7H,9-10,19H2,1H3. The Morgan fingerprint density at radius 3 is 2.67 bits per heavy atom. The van der Waals surface area contributed by atoms with E-state index in [1.165, 1.54) is 0 Å². The molecule has 0 heterocycles. The van der Waals surface area contributed by atoms with Crippen molar-refractivity contribution in [3.8, 4) is 17.6 Å². The molecule has 0 spiro atoms. The molecule has 0 saturated carbocycles. The fraction of sp³-hybridized carbons (Fsp3) is 0.188. The van der Waals surface area contributed by atoms with Crippen LogP contribution in [-0.2, 0) is 13.2 Å². The molecule has 2 rings (SSSR count). The fourth-order valence-electron chi connectivity index (χ4n) is 1.92. The van der Waals surface area contributed by atoms with Crippen LogP contribution in [0, 0.1) is 11.3 Å². The molecule has 21 heavy (non-hydrogen) atoms. The number of halogens is 1. The minimum absolute atomic E-state index is 0.324. The summed E-state index contributed by atoms with van der Waals surface area (Å²) in [6, 6.07) is 13.0. The highest BCUT2D eigenvalue weighted by Crippen LogP contribution is 2.25. The molecular formula is C16H15BrN2O2. The van der Waals surface area contributed by atoms with Crippen LogP contribution in [0.25, 0.3) is 0 Å². The maximum absolute atomic E-state index is 8.96. The highest BCUT2D eigenvalue weighted by molar-refractivity contribution is 9.10. The van der Waals surface area contributed by atoms with Crippen LogP contribution >= 0.6 is 15.9 Å². The first-order chi connectivity index (χ1) is 10.2. The third-order valence-electron chi connectivity index (χ3n) is 3.04. The van der Waals surface area contributed by atoms with Crippen molar-refractivity contribution in [3.05, 3.63) is 57.6 Å². The third-order valence-corrected chi connectivity index (χ3v) is 3.81. The number of nitriles is 1. The maximum Gasteiger partial charge on any atom is 0.125 e. The topological polar surface area (TPSA) is 68.3 Å². The molecule has 2 aromatic carbocycles. The molecule has 0 aliphatic rings. The smallest absolute Gasteiger partial charge is 0.125 e. The summed E-state index contributed by atoms with van der Waals surface area (Å²) < 4.78 is 12.0. The molecule has 0 bridgehead atoms. The second-order valence-electron chi connectivity index (χ2n) is 4.38. The van der Waals surface area contributed by atoms with Crippen LogP contribution in [-0.4, -0.2) is 7.11 Å². The van der Waals surface area contributed by atoms with Crippen LogP contribution < -0.4 is 15.2 Å². The van der Waals surface area contributed by atoms with Crippen molar-refractivity contribution in [1.82, 2.24) is 0 Å². The van der Waals surface area contributed by atoms with Gasteiger partial charge in [-0.05, 0) is 42.0 Å². The molecule has 0 atom stereocenters. The lowest BCUT2D eigenvalue weighted by Crippen LogP contribution is -2.01. The first-order valence-corrected chi connectivity index (χ1v) is 7.15. The average molecular weight is 347 g/mol. The summed E-state index contributed by atoms with van der Waals surface area (Å²) in [7, 11) is 1.59. The summed E-state index contributed by atoms with van der Waals surface area (Å²) in [5.74, 6) is 1.42. The molecule has 0 fully saturated rings. The predicted molar refractivity (Wildman–Crippen MR) is 84.1 cm³/mol. The quantitative estimate of drug-likeness (QED) is 0.901. The molecule has 0 radical (unpaired) electrons. The van der Waals surface area contributed by atoms with Crippen LogP contribution in [0.4, 0.5) is 0 Å². The van der Waals surface area contributed by atoms with Crippen molar-refractivity contribution >= 4 is 15.9 Å². The second kappa shape index (κ2) is 7.11. The van der Waals surface area contributed by atoms with Gasteiger partial charge in [0.15, 0.2) is 0 Å². The Balaban J connectivity index is 2.18. The lowest BCUT2D eigenvalue weighted by molar-refractivity contribution is 0.296. The summed E-state index contributed by atoms with van der Waals surface area (Å²) in [5.41, 5.74) is 8.05. The summed E-state index contributed by atoms with van der Waals surface area (Å²) in [6.07, 6.45) is 0. The predicted octanol–water partition coefficient (Wildman–Crippen LogP) is 3.37. The highest BCUT2D eigenvalue weighted by atomic mass is 79.9. The van der Waals surface area contributed by atoms with Gasteiger partial charge < -0.3 is 15.2 Å². The third kappa shape index (κ3) is 3.75. The molecule has 0 aliphatic carbocycles. The Labute approximate surface area is 132 Å². The van der Waals surface area contributed by atoms with E-state index in [0.29, 0.717) is 24.5 Å². The SMILES string of the molecule is COc1ccc(C#N)cc1COc1ccc(Br)c(CN)c1. The van der Waals surface area contributed by atoms with Crippen molar-refractivity contribution in [1.29, 1.82) is 5.26 Å². The van der Waals surface area contributed by atoms with E-state index in [4.69, 9.17) is 20.5 Å². The van der Waals surface area contributed by atoms with Crippen LogP contribution in [0.3, 0.4) is 0 Å². The Bertz CT molecular complexity index is 680. The van der Waals surface area contributed by atoms with Crippen LogP contribution in [0.5, 0.6) is 11.5 Å². The van der Waals surface area contributed by atoms with E-state index >= 15 is 0 Å². The van der Waals surface area contributed by atoms with E-state index < -0.39 is 0 Å². The van der Waals surface area contributed by atoms with Gasteiger partial charge in [-0.1, -0.05) is 15.9 Å². The molecule has 4 nitrogen and oxygen atoms in total. The Morgan fingerprint density at radius 1 is 1.19 bits per heavy atom. The van der Waals surface area contributed by atoms with Crippen molar-refractivity contribution < 1.29 is 9.47 Å². The lowest BCUT2D eigenvalue weighted by atomic mass is 10.1. The Hall–Kier alpha value is -2.03. The molecule has 0 aliphatic heterocycles. The van der Waals surface area contributed by atoms with Crippen LogP contribution in [0.15, 0.2) is 40.9 Å². The highest BCUT2D eigenvalue weighted by Gasteiger charge is 2.07. The van der Waals surface area contributed by atoms with Crippen molar-refractivity contribution in [2.45, 2.75) is 13.2 Å². The summed E-state index contributed by atoms with van der Waals surface area (Å²) in [4.78, 5) is 0. The largest absolute Gasteiger partial charge is 0.496 e. The lowest BCUT2D eigenvalue weighted by Gasteiger charge is -2.12. The zero-order valence-corrected chi connectivity index (χ0v) is 13.2. The van der Waals surface area contributed by atoms with E-state index in [0.717, 1.165) is 21.3 Å². The van der Waals surface area contributed by atoms with E-state index in [-0.39, 0.29) is 0 Å². The summed E-state index contributed by atoms with van der Waals surface area (Å²) >= 11 is 3.44. The van der Waals surface area contributed by atoms with Gasteiger partial charge in [-0.3, -0.25) is 0 Å². The molecule has 5 heteroatoms. The molecule has 0 aromatic heterocycles. The molecule has 0 saturated heterocycles. The number of hydrogen-bond donors (Lipinski definition) is 1. The van der Waals surface area contributed by atoms with Gasteiger partial charge in [0.2, 0.25) is 0 Å². The monoisotopic (exact) mass is 346 g/mol. The summed E-state index contributed by atoms with van der Waals surface area (Å²) in [6.45, 7) is 0.759. The minimum atomic E-state index is 0.324. The molecule has 2 aromatic rings. The van der Waals surface area contributed by atoms with Gasteiger partial charge in [-0.25, -0.2) is 0 Å². The van der Waals surface area contributed by atoms with Gasteiger partial charge in [0.05, 0.1) is 18.7 Å². The number of benzene rings is 2. The van der Waals surface area contributed by atoms with E-state index in [2.05, 4.69) is 22.0 Å². The van der Waals surface area contributed by atoms with Gasteiger partial charge in [0.1, 0.15) is 18.1 Å². The second-order valence-corrected chi connectivity index (χ2v) is 5.24. The number of nitrogens with two attached hydrogens (primary N) is 1. The first kappa shape index (κ1) is 15.4. The Kier molecular flexibility index (Phi) is 5.20. The fourth-order valence-corrected chi connectivity index (χ4v) is 2.33. The van der Waals surface area contributed by atoms with Gasteiger partial charge in [-0.15, -0.1) is 0 Å². The zero-order valence-electron chi connectivity index (χ0n) is 11.6. The van der Waals surface area contributed by atoms with Crippen LogP contribution in [0.1, 0.15) is 16.7 Å².